The molecule has 4 aliphatic heterocycles. The lowest BCUT2D eigenvalue weighted by molar-refractivity contribution is 0.161. The third-order valence-electron chi connectivity index (χ3n) is 20.3. The predicted octanol–water partition coefficient (Wildman–Crippen LogP) is 22.6. The first kappa shape index (κ1) is 76.2. The van der Waals surface area contributed by atoms with E-state index in [0.29, 0.717) is 57.6 Å². The molecule has 4 aromatic heterocycles. The molecule has 20 heteroatoms. The Morgan fingerprint density at radius 1 is 0.311 bits per heavy atom. The zero-order valence-corrected chi connectivity index (χ0v) is 66.7. The van der Waals surface area contributed by atoms with E-state index in [4.69, 9.17) is 33.2 Å². The normalized spacial score (nSPS) is 12.7. The van der Waals surface area contributed by atoms with E-state index in [-0.39, 0.29) is 0 Å². The van der Waals surface area contributed by atoms with Crippen molar-refractivity contribution in [1.82, 2.24) is 38.3 Å². The number of aromatic nitrogens is 4. The summed E-state index contributed by atoms with van der Waals surface area (Å²) in [4.78, 5) is 56.2. The molecular formula is C99H78N8O11S. The van der Waals surface area contributed by atoms with E-state index < -0.39 is 24.4 Å². The van der Waals surface area contributed by atoms with Gasteiger partial charge in [-0.1, -0.05) is 230 Å². The van der Waals surface area contributed by atoms with Gasteiger partial charge in [-0.3, -0.25) is 0 Å². The van der Waals surface area contributed by atoms with Crippen LogP contribution in [0.5, 0.6) is 17.2 Å². The van der Waals surface area contributed by atoms with E-state index in [2.05, 4.69) is 76.6 Å². The summed E-state index contributed by atoms with van der Waals surface area (Å²) in [5.41, 5.74) is 10.4. The lowest BCUT2D eigenvalue weighted by atomic mass is 10.0. The van der Waals surface area contributed by atoms with Crippen LogP contribution in [0.3, 0.4) is 0 Å². The smallest absolute Gasteiger partial charge is 0.414 e. The number of hydrogen-bond acceptors (Lipinski definition) is 12. The third kappa shape index (κ3) is 15.2. The number of ether oxygens (including phenoxy) is 7. The Kier molecular flexibility index (Phi) is 21.3. The van der Waals surface area contributed by atoms with Crippen LogP contribution in [0, 0.1) is 0 Å². The number of carbonyl (C=O) groups is 4. The summed E-state index contributed by atoms with van der Waals surface area (Å²) >= 11 is 1.63. The Balaban J connectivity index is 0.000000113. The maximum Gasteiger partial charge on any atom is 0.414 e. The largest absolute Gasteiger partial charge is 0.450 e. The van der Waals surface area contributed by atoms with Gasteiger partial charge >= 0.3 is 24.4 Å². The second-order valence-electron chi connectivity index (χ2n) is 28.5. The van der Waals surface area contributed by atoms with Crippen LogP contribution in [-0.2, 0) is 18.9 Å². The van der Waals surface area contributed by atoms with E-state index in [1.54, 1.807) is 54.0 Å². The topological polar surface area (TPSA) is 174 Å². The number of amides is 4. The van der Waals surface area contributed by atoms with Crippen LogP contribution < -0.4 is 19.5 Å². The summed E-state index contributed by atoms with van der Waals surface area (Å²) in [5, 5.41) is 11.2. The highest BCUT2D eigenvalue weighted by atomic mass is 32.2. The van der Waals surface area contributed by atoms with Crippen molar-refractivity contribution in [3.63, 3.8) is 0 Å². The minimum Gasteiger partial charge on any atom is -0.450 e. The maximum absolute atomic E-state index is 12.6. The van der Waals surface area contributed by atoms with E-state index in [9.17, 15) is 19.2 Å². The molecule has 19 nitrogen and oxygen atoms in total. The van der Waals surface area contributed by atoms with Gasteiger partial charge in [0.2, 0.25) is 0 Å². The fourth-order valence-electron chi connectivity index (χ4n) is 14.6. The fraction of sp³-hybridized carbons (Fsp3) is 0.0707. The van der Waals surface area contributed by atoms with Crippen molar-refractivity contribution in [1.29, 1.82) is 0 Å². The number of hydrogen-bond donors (Lipinski definition) is 1. The summed E-state index contributed by atoms with van der Waals surface area (Å²) in [6, 6.07) is 104. The van der Waals surface area contributed by atoms with Crippen molar-refractivity contribution in [3.8, 4) is 40.0 Å². The summed E-state index contributed by atoms with van der Waals surface area (Å²) < 4.78 is 50.8. The molecule has 0 bridgehead atoms. The van der Waals surface area contributed by atoms with E-state index >= 15 is 0 Å². The standard InChI is InChI=1S/2C25H20N2O3.C25H20N2O2S.C24H18N2O3/c1-26(2)25(28)30-24-21-14-8-16-27(21)20-13-5-6-15-22(20)29-23(24)19-12-7-10-17-9-3-4-11-18(17)19;1-26(2)25(28)30-24-20-13-8-14-27(20)21-15-18-11-6-7-12-19(18)16-22(21)29-23(24)17-9-4-3-5-10-17;1-26(2)25(28)29-23-21-14-8-16-27(21)20-13-5-6-15-22(20)30-24(23)19-12-7-10-17-9-3-4-11-18(17)19;1-25-24(27)29-23-20-13-7-15-26(20)19-12-4-5-14-21(19)28-22(23)18-11-6-9-16-8-2-3-10-17(16)18/h3*3-16H,1-2H3;2-15H,1H3,(H,25,27). The molecule has 119 heavy (non-hydrogen) atoms. The van der Waals surface area contributed by atoms with Crippen LogP contribution in [0.15, 0.2) is 345 Å². The average molecular weight is 1590 g/mol. The molecule has 0 aliphatic carbocycles. The SMILES string of the molecule is CN(C)C(=O)OC1=C(c2cccc3ccccc23)Oc2ccccc2-n2cccc21.CN(C)C(=O)OC1=C(c2cccc3ccccc23)Sc2ccccc2-n2cccc21.CN(C)C(=O)OC1=C(c2ccccc2)Oc2cc3ccccc3cc2-n2cccc21.CNC(=O)OC1=C(c2cccc3ccccc23)Oc2ccccc2-n2cccc21. The number of nitrogens with one attached hydrogen (secondary N) is 1. The Morgan fingerprint density at radius 3 is 1.15 bits per heavy atom. The molecular weight excluding hydrogens is 1510 g/mol. The van der Waals surface area contributed by atoms with Crippen LogP contribution in [0.4, 0.5) is 19.2 Å². The quantitative estimate of drug-likeness (QED) is 0.143. The van der Waals surface area contributed by atoms with Gasteiger partial charge in [-0.05, 0) is 140 Å². The molecule has 20 rings (SSSR count). The highest BCUT2D eigenvalue weighted by molar-refractivity contribution is 8.08. The highest BCUT2D eigenvalue weighted by Crippen LogP contribution is 2.50. The van der Waals surface area contributed by atoms with Crippen LogP contribution in [0.1, 0.15) is 45.0 Å². The number of para-hydroxylation sites is 5. The van der Waals surface area contributed by atoms with Crippen molar-refractivity contribution in [2.45, 2.75) is 4.90 Å². The zero-order valence-electron chi connectivity index (χ0n) is 65.9. The number of carbonyl (C=O) groups excluding carboxylic acids is 4. The first-order valence-corrected chi connectivity index (χ1v) is 39.2. The van der Waals surface area contributed by atoms with E-state index in [0.717, 1.165) is 121 Å². The van der Waals surface area contributed by atoms with Crippen molar-refractivity contribution < 1.29 is 52.3 Å². The first-order valence-electron chi connectivity index (χ1n) is 38.4. The first-order chi connectivity index (χ1) is 58.1. The van der Waals surface area contributed by atoms with Gasteiger partial charge in [0.25, 0.3) is 0 Å². The second-order valence-corrected chi connectivity index (χ2v) is 29.6. The molecule has 0 spiro atoms. The monoisotopic (exact) mass is 1590 g/mol. The average Bonchev–Trinajstić information content (AvgIpc) is 1.63. The van der Waals surface area contributed by atoms with Crippen molar-refractivity contribution in [2.75, 3.05) is 49.3 Å². The lowest BCUT2D eigenvalue weighted by Gasteiger charge is -2.17. The molecule has 4 aliphatic rings. The Morgan fingerprint density at radius 2 is 0.664 bits per heavy atom. The molecule has 0 atom stereocenters. The Bertz CT molecular complexity index is 6560. The molecule has 586 valence electrons. The predicted molar refractivity (Wildman–Crippen MR) is 470 cm³/mol. The molecule has 4 amide bonds. The van der Waals surface area contributed by atoms with Gasteiger partial charge in [0, 0.05) is 101 Å². The summed E-state index contributed by atoms with van der Waals surface area (Å²) in [7, 11) is 11.5. The summed E-state index contributed by atoms with van der Waals surface area (Å²) in [5.74, 6) is 5.26. The van der Waals surface area contributed by atoms with Gasteiger partial charge < -0.3 is 71.4 Å². The van der Waals surface area contributed by atoms with Gasteiger partial charge in [-0.2, -0.15) is 0 Å². The van der Waals surface area contributed by atoms with Crippen LogP contribution in [0.25, 0.3) is 111 Å². The number of fused-ring (bicyclic) bond motifs is 16. The molecule has 12 aromatic carbocycles. The van der Waals surface area contributed by atoms with Crippen LogP contribution in [0.2, 0.25) is 0 Å². The molecule has 8 heterocycles. The van der Waals surface area contributed by atoms with Crippen molar-refractivity contribution in [2.24, 2.45) is 0 Å². The number of nitrogens with zero attached hydrogens (tertiary/aromatic N) is 7. The van der Waals surface area contributed by atoms with Crippen molar-refractivity contribution >= 4 is 124 Å². The van der Waals surface area contributed by atoms with E-state index in [1.165, 1.54) is 21.7 Å². The van der Waals surface area contributed by atoms with Gasteiger partial charge in [-0.25, -0.2) is 19.2 Å². The van der Waals surface area contributed by atoms with Crippen LogP contribution >= 0.6 is 11.8 Å². The van der Waals surface area contributed by atoms with Gasteiger partial charge in [-0.15, -0.1) is 0 Å². The molecule has 0 fully saturated rings. The lowest BCUT2D eigenvalue weighted by Crippen LogP contribution is -2.23. The molecule has 16 aromatic rings. The minimum atomic E-state index is -0.556. The molecule has 0 radical (unpaired) electrons. The number of benzene rings is 12. The van der Waals surface area contributed by atoms with Gasteiger partial charge in [0.15, 0.2) is 57.6 Å². The van der Waals surface area contributed by atoms with Gasteiger partial charge in [0.05, 0.1) is 50.4 Å². The molecule has 1 N–H and O–H groups in total. The second kappa shape index (κ2) is 33.2. The third-order valence-corrected chi connectivity index (χ3v) is 21.4. The van der Waals surface area contributed by atoms with E-state index in [1.807, 2.05) is 287 Å². The van der Waals surface area contributed by atoms with Crippen LogP contribution in [-0.4, -0.2) is 107 Å². The molecule has 0 saturated carbocycles. The number of rotatable bonds is 8. The highest BCUT2D eigenvalue weighted by Gasteiger charge is 2.34. The Labute approximate surface area is 690 Å². The Hall–Kier alpha value is -15.4. The number of thioether (sulfide) groups is 1. The van der Waals surface area contributed by atoms with Gasteiger partial charge in [0.1, 0.15) is 0 Å². The maximum atomic E-state index is 12.6. The summed E-state index contributed by atoms with van der Waals surface area (Å²) in [6.45, 7) is 0. The summed E-state index contributed by atoms with van der Waals surface area (Å²) in [6.07, 6.45) is 5.93. The van der Waals surface area contributed by atoms with Crippen molar-refractivity contribution in [3.05, 3.63) is 385 Å². The fourth-order valence-corrected chi connectivity index (χ4v) is 15.7. The minimum absolute atomic E-state index is 0.363. The molecule has 0 saturated heterocycles. The number of alkyl carbamates (subject to hydrolysis) is 1. The zero-order chi connectivity index (χ0) is 81.8. The molecule has 0 unspecified atom stereocenters.